The average molecular weight is 573 g/mol. The first-order chi connectivity index (χ1) is 16.5. The quantitative estimate of drug-likeness (QED) is 0.404. The van der Waals surface area contributed by atoms with Crippen molar-refractivity contribution in [2.24, 2.45) is 0 Å². The van der Waals surface area contributed by atoms with Crippen LogP contribution in [0.2, 0.25) is 19.1 Å². The maximum absolute atomic E-state index is 14.5. The molecule has 1 N–H and O–H groups in total. The third-order valence-corrected chi connectivity index (χ3v) is 8.04. The molecule has 6 nitrogen and oxygen atoms in total. The highest BCUT2D eigenvalue weighted by Crippen LogP contribution is 2.35. The van der Waals surface area contributed by atoms with E-state index in [1.165, 1.54) is 12.1 Å². The summed E-state index contributed by atoms with van der Waals surface area (Å²) in [6, 6.07) is 5.18. The number of anilines is 2. The Morgan fingerprint density at radius 3 is 2.51 bits per heavy atom. The number of piperazine rings is 1. The van der Waals surface area contributed by atoms with Gasteiger partial charge in [0.05, 0.1) is 28.0 Å². The fourth-order valence-corrected chi connectivity index (χ4v) is 4.80. The minimum atomic E-state index is -2.89. The number of hydrogen-bond acceptors (Lipinski definition) is 5. The molecular formula is C24H31BrF3N4O2Si. The zero-order chi connectivity index (χ0) is 25.9. The van der Waals surface area contributed by atoms with Gasteiger partial charge in [0, 0.05) is 57.9 Å². The lowest BCUT2D eigenvalue weighted by Crippen LogP contribution is -2.55. The van der Waals surface area contributed by atoms with Gasteiger partial charge in [-0.3, -0.25) is 9.69 Å². The van der Waals surface area contributed by atoms with E-state index in [0.29, 0.717) is 31.1 Å². The Kier molecular flexibility index (Phi) is 9.22. The molecule has 1 saturated heterocycles. The predicted molar refractivity (Wildman–Crippen MR) is 138 cm³/mol. The highest BCUT2D eigenvalue weighted by molar-refractivity contribution is 9.10. The van der Waals surface area contributed by atoms with Crippen molar-refractivity contribution in [3.8, 4) is 5.88 Å². The van der Waals surface area contributed by atoms with Crippen LogP contribution in [0.4, 0.5) is 24.5 Å². The van der Waals surface area contributed by atoms with Crippen LogP contribution >= 0.6 is 15.9 Å². The predicted octanol–water partition coefficient (Wildman–Crippen LogP) is 5.84. The van der Waals surface area contributed by atoms with Crippen molar-refractivity contribution in [1.82, 2.24) is 9.88 Å². The van der Waals surface area contributed by atoms with Crippen LogP contribution in [0.15, 0.2) is 28.9 Å². The van der Waals surface area contributed by atoms with Gasteiger partial charge in [-0.2, -0.15) is 0 Å². The molecule has 2 aromatic rings. The maximum atomic E-state index is 14.5. The molecule has 2 heterocycles. The van der Waals surface area contributed by atoms with Gasteiger partial charge in [0.25, 0.3) is 12.3 Å². The van der Waals surface area contributed by atoms with Gasteiger partial charge in [0.1, 0.15) is 5.82 Å². The van der Waals surface area contributed by atoms with Crippen molar-refractivity contribution in [3.63, 3.8) is 0 Å². The highest BCUT2D eigenvalue weighted by atomic mass is 79.9. The fraction of sp³-hybridized carbons (Fsp3) is 0.500. The Morgan fingerprint density at radius 2 is 1.91 bits per heavy atom. The third-order valence-electron chi connectivity index (χ3n) is 6.23. The summed E-state index contributed by atoms with van der Waals surface area (Å²) in [4.78, 5) is 21.4. The minimum absolute atomic E-state index is 0.0609. The molecule has 1 aromatic carbocycles. The van der Waals surface area contributed by atoms with E-state index in [0.717, 1.165) is 18.3 Å². The number of alkyl halides is 2. The van der Waals surface area contributed by atoms with Gasteiger partial charge in [0.2, 0.25) is 5.88 Å². The summed E-state index contributed by atoms with van der Waals surface area (Å²) < 4.78 is 47.8. The molecule has 0 aliphatic carbocycles. The average Bonchev–Trinajstić information content (AvgIpc) is 2.79. The number of halogens is 4. The second-order valence-electron chi connectivity index (χ2n) is 9.22. The van der Waals surface area contributed by atoms with E-state index in [-0.39, 0.29) is 28.0 Å². The molecule has 1 fully saturated rings. The van der Waals surface area contributed by atoms with Crippen LogP contribution in [0.5, 0.6) is 5.88 Å². The summed E-state index contributed by atoms with van der Waals surface area (Å²) in [7, 11) is 1.52. The molecule has 1 radical (unpaired) electrons. The zero-order valence-electron chi connectivity index (χ0n) is 20.5. The van der Waals surface area contributed by atoms with Gasteiger partial charge >= 0.3 is 0 Å². The van der Waals surface area contributed by atoms with Crippen LogP contribution in [0.25, 0.3) is 0 Å². The normalized spacial score (nSPS) is 18.9. The van der Waals surface area contributed by atoms with E-state index in [2.05, 4.69) is 58.1 Å². The molecule has 1 amide bonds. The smallest absolute Gasteiger partial charge is 0.264 e. The molecule has 0 spiro atoms. The van der Waals surface area contributed by atoms with Gasteiger partial charge in [-0.1, -0.05) is 13.1 Å². The summed E-state index contributed by atoms with van der Waals surface area (Å²) in [6.07, 6.45) is -1.79. The van der Waals surface area contributed by atoms with Crippen LogP contribution in [-0.4, -0.2) is 63.4 Å². The van der Waals surface area contributed by atoms with Gasteiger partial charge in [-0.15, -0.1) is 0 Å². The number of hydrogen-bond donors (Lipinski definition) is 1. The number of carbonyl (C=O) groups is 1. The number of likely N-dealkylation sites (N-methyl/N-ethyl adjacent to an activating group) is 1. The number of aromatic nitrogens is 1. The Bertz CT molecular complexity index is 1050. The summed E-state index contributed by atoms with van der Waals surface area (Å²) in [5.41, 5.74) is 0.104. The molecule has 2 atom stereocenters. The maximum Gasteiger partial charge on any atom is 0.264 e. The van der Waals surface area contributed by atoms with Crippen molar-refractivity contribution in [2.75, 3.05) is 37.0 Å². The molecule has 0 bridgehead atoms. The van der Waals surface area contributed by atoms with E-state index >= 15 is 0 Å². The van der Waals surface area contributed by atoms with Gasteiger partial charge in [-0.05, 0) is 48.9 Å². The second-order valence-corrected chi connectivity index (χ2v) is 13.0. The van der Waals surface area contributed by atoms with Crippen molar-refractivity contribution in [1.29, 1.82) is 0 Å². The van der Waals surface area contributed by atoms with Gasteiger partial charge < -0.3 is 15.0 Å². The van der Waals surface area contributed by atoms with Crippen molar-refractivity contribution in [3.05, 3.63) is 45.8 Å². The van der Waals surface area contributed by atoms with E-state index in [9.17, 15) is 18.0 Å². The van der Waals surface area contributed by atoms with E-state index < -0.39 is 32.5 Å². The van der Waals surface area contributed by atoms with Gasteiger partial charge in [0.15, 0.2) is 0 Å². The van der Waals surface area contributed by atoms with Crippen molar-refractivity contribution in [2.45, 2.75) is 51.5 Å². The van der Waals surface area contributed by atoms with Crippen molar-refractivity contribution < 1.29 is 22.7 Å². The SMILES string of the molecule is C[C@@H]1CN(c2cc(F)c(Br)cc2NC(=O)c2cnc(OCC[Si](C)C)cc2C(F)F)C[C@H](C)N1C. The van der Waals surface area contributed by atoms with Crippen LogP contribution in [0, 0.1) is 5.82 Å². The second kappa shape index (κ2) is 11.7. The summed E-state index contributed by atoms with van der Waals surface area (Å²) in [6.45, 7) is 10.0. The fourth-order valence-electron chi connectivity index (χ4n) is 3.95. The molecule has 35 heavy (non-hydrogen) atoms. The number of ether oxygens (including phenoxy) is 1. The number of amides is 1. The topological polar surface area (TPSA) is 57.7 Å². The standard InChI is InChI=1S/C24H31BrF3N4O2Si/c1-14-12-32(13-15(2)31(14)3)21-10-19(26)18(25)9-20(21)30-24(33)17-11-29-22(8-16(17)23(27)28)34-6-7-35(4)5/h8-11,14-15,23H,6-7,12-13H2,1-5H3,(H,30,33)/t14-,15+. The van der Waals surface area contributed by atoms with E-state index in [4.69, 9.17) is 4.74 Å². The lowest BCUT2D eigenvalue weighted by atomic mass is 10.1. The molecule has 0 unspecified atom stereocenters. The number of nitrogens with one attached hydrogen (secondary N) is 1. The molecule has 0 saturated carbocycles. The zero-order valence-corrected chi connectivity index (χ0v) is 23.1. The van der Waals surface area contributed by atoms with Crippen LogP contribution in [-0.2, 0) is 0 Å². The summed E-state index contributed by atoms with van der Waals surface area (Å²) >= 11 is 3.17. The van der Waals surface area contributed by atoms with E-state index in [1.54, 1.807) is 0 Å². The molecule has 1 aromatic heterocycles. The van der Waals surface area contributed by atoms with Gasteiger partial charge in [-0.25, -0.2) is 18.2 Å². The minimum Gasteiger partial charge on any atom is -0.478 e. The Hall–Kier alpha value is -2.11. The van der Waals surface area contributed by atoms with Crippen LogP contribution < -0.4 is 15.0 Å². The summed E-state index contributed by atoms with van der Waals surface area (Å²) in [5, 5.41) is 2.70. The first kappa shape index (κ1) is 27.5. The third kappa shape index (κ3) is 6.76. The number of rotatable bonds is 8. The molecular weight excluding hydrogens is 541 g/mol. The lowest BCUT2D eigenvalue weighted by molar-refractivity contribution is 0.101. The first-order valence-electron chi connectivity index (χ1n) is 11.4. The number of benzene rings is 1. The largest absolute Gasteiger partial charge is 0.478 e. The Balaban J connectivity index is 1.89. The molecule has 1 aliphatic heterocycles. The molecule has 191 valence electrons. The lowest BCUT2D eigenvalue weighted by Gasteiger charge is -2.44. The Labute approximate surface area is 214 Å². The van der Waals surface area contributed by atoms with E-state index in [1.807, 2.05) is 11.9 Å². The monoisotopic (exact) mass is 571 g/mol. The summed E-state index contributed by atoms with van der Waals surface area (Å²) in [5.74, 6) is -1.16. The van der Waals surface area contributed by atoms with Crippen molar-refractivity contribution >= 4 is 42.0 Å². The number of pyridine rings is 1. The number of nitrogens with zero attached hydrogens (tertiary/aromatic N) is 3. The highest BCUT2D eigenvalue weighted by Gasteiger charge is 2.29. The number of carbonyl (C=O) groups excluding carboxylic acids is 1. The first-order valence-corrected chi connectivity index (χ1v) is 14.9. The van der Waals surface area contributed by atoms with Crippen LogP contribution in [0.3, 0.4) is 0 Å². The Morgan fingerprint density at radius 1 is 1.26 bits per heavy atom. The molecule has 3 rings (SSSR count). The van der Waals surface area contributed by atoms with Crippen LogP contribution in [0.1, 0.15) is 36.2 Å². The molecule has 11 heteroatoms. The molecule has 1 aliphatic rings.